The van der Waals surface area contributed by atoms with Gasteiger partial charge in [-0.1, -0.05) is 12.1 Å². The zero-order valence-corrected chi connectivity index (χ0v) is 9.71. The second-order valence-corrected chi connectivity index (χ2v) is 4.41. The van der Waals surface area contributed by atoms with E-state index in [0.29, 0.717) is 12.5 Å². The van der Waals surface area contributed by atoms with Crippen molar-refractivity contribution in [2.45, 2.75) is 12.8 Å². The Balaban J connectivity index is 2.15. The molecule has 0 bridgehead atoms. The van der Waals surface area contributed by atoms with Crippen LogP contribution in [-0.2, 0) is 0 Å². The molecule has 1 aliphatic heterocycles. The number of para-hydroxylation sites is 2. The van der Waals surface area contributed by atoms with Crippen molar-refractivity contribution in [2.24, 2.45) is 11.7 Å². The summed E-state index contributed by atoms with van der Waals surface area (Å²) in [6.45, 7) is 2.42. The van der Waals surface area contributed by atoms with Crippen molar-refractivity contribution in [2.75, 3.05) is 24.5 Å². The Morgan fingerprint density at radius 2 is 2.00 bits per heavy atom. The summed E-state index contributed by atoms with van der Waals surface area (Å²) in [6, 6.07) is 6.93. The molecule has 2 N–H and O–H groups in total. The first-order valence-electron chi connectivity index (χ1n) is 5.91. The molecule has 1 saturated heterocycles. The van der Waals surface area contributed by atoms with Crippen LogP contribution in [-0.4, -0.2) is 24.6 Å². The summed E-state index contributed by atoms with van der Waals surface area (Å²) in [4.78, 5) is 12.7. The predicted octanol–water partition coefficient (Wildman–Crippen LogP) is 1.77. The molecule has 1 aliphatic rings. The summed E-state index contributed by atoms with van der Waals surface area (Å²) in [5, 5.41) is 10.9. The minimum Gasteiger partial charge on any atom is -0.366 e. The van der Waals surface area contributed by atoms with E-state index < -0.39 is 0 Å². The van der Waals surface area contributed by atoms with Crippen LogP contribution >= 0.6 is 0 Å². The first kappa shape index (κ1) is 11.9. The predicted molar refractivity (Wildman–Crippen MR) is 67.1 cm³/mol. The normalized spacial score (nSPS) is 17.1. The number of piperidine rings is 1. The van der Waals surface area contributed by atoms with E-state index >= 15 is 0 Å². The van der Waals surface area contributed by atoms with Crippen molar-refractivity contribution >= 4 is 11.4 Å². The average molecular weight is 235 g/mol. The van der Waals surface area contributed by atoms with E-state index in [1.165, 1.54) is 0 Å². The third kappa shape index (κ3) is 2.55. The number of nitro groups is 1. The van der Waals surface area contributed by atoms with Crippen molar-refractivity contribution in [3.05, 3.63) is 34.4 Å². The first-order chi connectivity index (χ1) is 8.22. The number of hydrogen-bond acceptors (Lipinski definition) is 4. The van der Waals surface area contributed by atoms with Gasteiger partial charge in [-0.25, -0.2) is 0 Å². The molecule has 0 atom stereocenters. The molecule has 0 aromatic heterocycles. The highest BCUT2D eigenvalue weighted by atomic mass is 16.6. The summed E-state index contributed by atoms with van der Waals surface area (Å²) in [5.74, 6) is 0.564. The zero-order valence-electron chi connectivity index (χ0n) is 9.71. The number of hydrogen-bond donors (Lipinski definition) is 1. The van der Waals surface area contributed by atoms with Crippen LogP contribution in [0.5, 0.6) is 0 Å². The Hall–Kier alpha value is -1.62. The monoisotopic (exact) mass is 235 g/mol. The smallest absolute Gasteiger partial charge is 0.292 e. The Bertz CT molecular complexity index is 400. The highest BCUT2D eigenvalue weighted by molar-refractivity contribution is 5.63. The fraction of sp³-hybridized carbons (Fsp3) is 0.500. The third-order valence-corrected chi connectivity index (χ3v) is 3.37. The molecule has 92 valence electrons. The molecule has 1 fully saturated rings. The maximum Gasteiger partial charge on any atom is 0.292 e. The van der Waals surface area contributed by atoms with Gasteiger partial charge in [0.05, 0.1) is 4.92 Å². The van der Waals surface area contributed by atoms with Crippen LogP contribution in [0.2, 0.25) is 0 Å². The SMILES string of the molecule is NCC1CCN(c2ccccc2[N+](=O)[O-])CC1. The van der Waals surface area contributed by atoms with E-state index in [1.54, 1.807) is 12.1 Å². The van der Waals surface area contributed by atoms with Gasteiger partial charge in [0, 0.05) is 19.2 Å². The van der Waals surface area contributed by atoms with Crippen molar-refractivity contribution < 1.29 is 4.92 Å². The summed E-state index contributed by atoms with van der Waals surface area (Å²) in [5.41, 5.74) is 6.56. The number of nitro benzene ring substituents is 1. The molecule has 0 amide bonds. The van der Waals surface area contributed by atoms with Crippen molar-refractivity contribution in [3.8, 4) is 0 Å². The molecule has 0 saturated carbocycles. The Morgan fingerprint density at radius 1 is 1.35 bits per heavy atom. The third-order valence-electron chi connectivity index (χ3n) is 3.37. The lowest BCUT2D eigenvalue weighted by molar-refractivity contribution is -0.384. The second kappa shape index (κ2) is 5.14. The standard InChI is InChI=1S/C12H17N3O2/c13-9-10-5-7-14(8-6-10)11-3-1-2-4-12(11)15(16)17/h1-4,10H,5-9,13H2. The molecule has 5 heteroatoms. The van der Waals surface area contributed by atoms with Gasteiger partial charge in [-0.3, -0.25) is 10.1 Å². The van der Waals surface area contributed by atoms with E-state index in [4.69, 9.17) is 5.73 Å². The Kier molecular flexibility index (Phi) is 3.58. The number of nitrogens with zero attached hydrogens (tertiary/aromatic N) is 2. The van der Waals surface area contributed by atoms with Gasteiger partial charge in [-0.2, -0.15) is 0 Å². The molecule has 0 spiro atoms. The molecule has 1 aromatic rings. The number of rotatable bonds is 3. The highest BCUT2D eigenvalue weighted by Gasteiger charge is 2.23. The highest BCUT2D eigenvalue weighted by Crippen LogP contribution is 2.30. The van der Waals surface area contributed by atoms with Gasteiger partial charge in [0.1, 0.15) is 5.69 Å². The average Bonchev–Trinajstić information content (AvgIpc) is 2.39. The van der Waals surface area contributed by atoms with Crippen LogP contribution in [0.15, 0.2) is 24.3 Å². The van der Waals surface area contributed by atoms with Gasteiger partial charge >= 0.3 is 0 Å². The topological polar surface area (TPSA) is 72.4 Å². The van der Waals surface area contributed by atoms with Crippen LogP contribution in [0.4, 0.5) is 11.4 Å². The molecular formula is C12H17N3O2. The second-order valence-electron chi connectivity index (χ2n) is 4.41. The van der Waals surface area contributed by atoms with Gasteiger partial charge in [0.15, 0.2) is 0 Å². The number of benzene rings is 1. The van der Waals surface area contributed by atoms with E-state index in [0.717, 1.165) is 31.6 Å². The Morgan fingerprint density at radius 3 is 2.59 bits per heavy atom. The lowest BCUT2D eigenvalue weighted by atomic mass is 9.96. The Labute approximate surface area is 100 Å². The molecule has 2 rings (SSSR count). The van der Waals surface area contributed by atoms with Crippen LogP contribution in [0.3, 0.4) is 0 Å². The molecule has 1 heterocycles. The molecule has 1 aromatic carbocycles. The first-order valence-corrected chi connectivity index (χ1v) is 5.91. The van der Waals surface area contributed by atoms with E-state index in [9.17, 15) is 10.1 Å². The lowest BCUT2D eigenvalue weighted by Gasteiger charge is -2.32. The van der Waals surface area contributed by atoms with Crippen LogP contribution in [0.25, 0.3) is 0 Å². The fourth-order valence-corrected chi connectivity index (χ4v) is 2.30. The number of nitrogens with two attached hydrogens (primary N) is 1. The molecule has 5 nitrogen and oxygen atoms in total. The van der Waals surface area contributed by atoms with E-state index in [1.807, 2.05) is 12.1 Å². The quantitative estimate of drug-likeness (QED) is 0.640. The lowest BCUT2D eigenvalue weighted by Crippen LogP contribution is -2.36. The van der Waals surface area contributed by atoms with Crippen LogP contribution in [0, 0.1) is 16.0 Å². The van der Waals surface area contributed by atoms with Crippen LogP contribution in [0.1, 0.15) is 12.8 Å². The van der Waals surface area contributed by atoms with Gasteiger partial charge < -0.3 is 10.6 Å². The summed E-state index contributed by atoms with van der Waals surface area (Å²) >= 11 is 0. The fourth-order valence-electron chi connectivity index (χ4n) is 2.30. The molecule has 0 radical (unpaired) electrons. The molecular weight excluding hydrogens is 218 g/mol. The van der Waals surface area contributed by atoms with E-state index in [-0.39, 0.29) is 10.6 Å². The maximum atomic E-state index is 10.9. The summed E-state index contributed by atoms with van der Waals surface area (Å²) < 4.78 is 0. The molecule has 0 aliphatic carbocycles. The van der Waals surface area contributed by atoms with Gasteiger partial charge in [0.25, 0.3) is 5.69 Å². The van der Waals surface area contributed by atoms with E-state index in [2.05, 4.69) is 4.90 Å². The maximum absolute atomic E-state index is 10.9. The van der Waals surface area contributed by atoms with Crippen molar-refractivity contribution in [1.82, 2.24) is 0 Å². The number of anilines is 1. The largest absolute Gasteiger partial charge is 0.366 e. The molecule has 0 unspecified atom stereocenters. The van der Waals surface area contributed by atoms with Crippen molar-refractivity contribution in [1.29, 1.82) is 0 Å². The van der Waals surface area contributed by atoms with Gasteiger partial charge in [0.2, 0.25) is 0 Å². The zero-order chi connectivity index (χ0) is 12.3. The minimum absolute atomic E-state index is 0.193. The molecule has 17 heavy (non-hydrogen) atoms. The minimum atomic E-state index is -0.315. The van der Waals surface area contributed by atoms with Gasteiger partial charge in [-0.15, -0.1) is 0 Å². The van der Waals surface area contributed by atoms with Crippen molar-refractivity contribution in [3.63, 3.8) is 0 Å². The summed E-state index contributed by atoms with van der Waals surface area (Å²) in [6.07, 6.45) is 2.03. The summed E-state index contributed by atoms with van der Waals surface area (Å²) in [7, 11) is 0. The van der Waals surface area contributed by atoms with Gasteiger partial charge in [-0.05, 0) is 31.4 Å². The van der Waals surface area contributed by atoms with Crippen LogP contribution < -0.4 is 10.6 Å².